The van der Waals surface area contributed by atoms with Gasteiger partial charge >= 0.3 is 0 Å². The molecule has 1 aliphatic heterocycles. The molecule has 1 unspecified atom stereocenters. The highest BCUT2D eigenvalue weighted by Gasteiger charge is 2.24. The summed E-state index contributed by atoms with van der Waals surface area (Å²) >= 11 is 0. The van der Waals surface area contributed by atoms with Crippen molar-refractivity contribution in [3.8, 4) is 0 Å². The van der Waals surface area contributed by atoms with Crippen LogP contribution in [0.2, 0.25) is 0 Å². The second-order valence-electron chi connectivity index (χ2n) is 6.43. The van der Waals surface area contributed by atoms with Crippen LogP contribution in [0.25, 0.3) is 5.52 Å². The van der Waals surface area contributed by atoms with Gasteiger partial charge in [0.15, 0.2) is 0 Å². The SMILES string of the molecule is CN1CCCC(C(=O)NCCS(=O)(=O)Nc2ccn3nccc3c2)C1. The average molecular weight is 365 g/mol. The molecule has 3 heterocycles. The fourth-order valence-electron chi connectivity index (χ4n) is 3.05. The van der Waals surface area contributed by atoms with Crippen LogP contribution in [0.15, 0.2) is 30.6 Å². The zero-order valence-electron chi connectivity index (χ0n) is 14.2. The number of amides is 1. The Morgan fingerprint density at radius 2 is 2.24 bits per heavy atom. The number of sulfonamides is 1. The smallest absolute Gasteiger partial charge is 0.234 e. The van der Waals surface area contributed by atoms with Gasteiger partial charge in [0, 0.05) is 25.5 Å². The summed E-state index contributed by atoms with van der Waals surface area (Å²) in [5, 5.41) is 6.80. The predicted octanol–water partition coefficient (Wildman–Crippen LogP) is 0.534. The van der Waals surface area contributed by atoms with Crippen molar-refractivity contribution >= 4 is 27.1 Å². The maximum absolute atomic E-state index is 12.2. The second-order valence-corrected chi connectivity index (χ2v) is 8.27. The number of hydrogen-bond acceptors (Lipinski definition) is 5. The molecular formula is C16H23N5O3S. The third-order valence-electron chi connectivity index (χ3n) is 4.34. The lowest BCUT2D eigenvalue weighted by Gasteiger charge is -2.28. The molecule has 0 aliphatic carbocycles. The van der Waals surface area contributed by atoms with Crippen LogP contribution in [0.1, 0.15) is 12.8 Å². The number of nitrogens with zero attached hydrogens (tertiary/aromatic N) is 3. The van der Waals surface area contributed by atoms with Gasteiger partial charge in [-0.05, 0) is 44.6 Å². The van der Waals surface area contributed by atoms with Crippen LogP contribution >= 0.6 is 0 Å². The number of carbonyl (C=O) groups excluding carboxylic acids is 1. The molecule has 9 heteroatoms. The monoisotopic (exact) mass is 365 g/mol. The number of nitrogens with one attached hydrogen (secondary N) is 2. The van der Waals surface area contributed by atoms with E-state index < -0.39 is 10.0 Å². The van der Waals surface area contributed by atoms with Crippen LogP contribution in [0.4, 0.5) is 5.69 Å². The molecule has 8 nitrogen and oxygen atoms in total. The lowest BCUT2D eigenvalue weighted by molar-refractivity contribution is -0.126. The fourth-order valence-corrected chi connectivity index (χ4v) is 4.01. The Balaban J connectivity index is 1.50. The zero-order chi connectivity index (χ0) is 17.9. The first-order valence-corrected chi connectivity index (χ1v) is 9.98. The number of likely N-dealkylation sites (tertiary alicyclic amines) is 1. The molecule has 25 heavy (non-hydrogen) atoms. The molecular weight excluding hydrogens is 342 g/mol. The molecule has 0 radical (unpaired) electrons. The van der Waals surface area contributed by atoms with E-state index in [0.29, 0.717) is 5.69 Å². The van der Waals surface area contributed by atoms with Crippen molar-refractivity contribution in [1.82, 2.24) is 19.8 Å². The molecule has 2 aromatic rings. The van der Waals surface area contributed by atoms with Crippen molar-refractivity contribution in [2.45, 2.75) is 12.8 Å². The van der Waals surface area contributed by atoms with Crippen molar-refractivity contribution in [3.63, 3.8) is 0 Å². The Morgan fingerprint density at radius 1 is 1.40 bits per heavy atom. The van der Waals surface area contributed by atoms with E-state index in [0.717, 1.165) is 31.4 Å². The number of fused-ring (bicyclic) bond motifs is 1. The van der Waals surface area contributed by atoms with Crippen molar-refractivity contribution in [2.24, 2.45) is 5.92 Å². The minimum absolute atomic E-state index is 0.0568. The van der Waals surface area contributed by atoms with Crippen LogP contribution in [-0.4, -0.2) is 61.3 Å². The van der Waals surface area contributed by atoms with Gasteiger partial charge in [0.1, 0.15) is 0 Å². The summed E-state index contributed by atoms with van der Waals surface area (Å²) in [7, 11) is -1.54. The highest BCUT2D eigenvalue weighted by Crippen LogP contribution is 2.15. The highest BCUT2D eigenvalue weighted by molar-refractivity contribution is 7.92. The number of carbonyl (C=O) groups is 1. The molecule has 1 amide bonds. The van der Waals surface area contributed by atoms with E-state index >= 15 is 0 Å². The minimum atomic E-state index is -3.53. The number of hydrogen-bond donors (Lipinski definition) is 2. The normalized spacial score (nSPS) is 19.0. The Morgan fingerprint density at radius 3 is 3.04 bits per heavy atom. The number of piperidine rings is 1. The lowest BCUT2D eigenvalue weighted by atomic mass is 9.98. The summed E-state index contributed by atoms with van der Waals surface area (Å²) < 4.78 is 28.6. The number of aromatic nitrogens is 2. The van der Waals surface area contributed by atoms with Gasteiger partial charge in [-0.2, -0.15) is 5.10 Å². The van der Waals surface area contributed by atoms with E-state index in [1.165, 1.54) is 0 Å². The number of pyridine rings is 1. The van der Waals surface area contributed by atoms with Gasteiger partial charge in [0.2, 0.25) is 15.9 Å². The standard InChI is InChI=1S/C16H23N5O3S/c1-20-8-2-3-13(12-20)16(22)17-7-10-25(23,24)19-14-5-9-21-15(11-14)4-6-18-21/h4-6,9,11,13,19H,2-3,7-8,10,12H2,1H3,(H,17,22). The van der Waals surface area contributed by atoms with E-state index in [-0.39, 0.29) is 24.1 Å². The lowest BCUT2D eigenvalue weighted by Crippen LogP contribution is -2.42. The molecule has 0 bridgehead atoms. The van der Waals surface area contributed by atoms with E-state index in [1.54, 1.807) is 35.1 Å². The van der Waals surface area contributed by atoms with Gasteiger partial charge < -0.3 is 10.2 Å². The molecule has 2 aromatic heterocycles. The quantitative estimate of drug-likeness (QED) is 0.779. The maximum Gasteiger partial charge on any atom is 0.234 e. The van der Waals surface area contributed by atoms with Gasteiger partial charge in [-0.25, -0.2) is 12.9 Å². The van der Waals surface area contributed by atoms with E-state index in [4.69, 9.17) is 0 Å². The molecule has 0 saturated carbocycles. The molecule has 0 aromatic carbocycles. The van der Waals surface area contributed by atoms with E-state index in [9.17, 15) is 13.2 Å². The molecule has 136 valence electrons. The van der Waals surface area contributed by atoms with Gasteiger partial charge in [-0.1, -0.05) is 0 Å². The summed E-state index contributed by atoms with van der Waals surface area (Å²) in [4.78, 5) is 14.3. The molecule has 2 N–H and O–H groups in total. The van der Waals surface area contributed by atoms with Crippen molar-refractivity contribution in [2.75, 3.05) is 37.2 Å². The van der Waals surface area contributed by atoms with E-state index in [2.05, 4.69) is 20.0 Å². The Labute approximate surface area is 147 Å². The van der Waals surface area contributed by atoms with Crippen LogP contribution in [-0.2, 0) is 14.8 Å². The van der Waals surface area contributed by atoms with Crippen LogP contribution in [0.3, 0.4) is 0 Å². The zero-order valence-corrected chi connectivity index (χ0v) is 15.0. The van der Waals surface area contributed by atoms with Crippen molar-refractivity contribution < 1.29 is 13.2 Å². The Kier molecular flexibility index (Phi) is 5.24. The molecule has 1 fully saturated rings. The first kappa shape index (κ1) is 17.7. The number of anilines is 1. The summed E-state index contributed by atoms with van der Waals surface area (Å²) in [6.45, 7) is 1.83. The average Bonchev–Trinajstić information content (AvgIpc) is 3.01. The summed E-state index contributed by atoms with van der Waals surface area (Å²) in [5.74, 6) is -0.285. The van der Waals surface area contributed by atoms with Gasteiger partial charge in [0.05, 0.1) is 22.9 Å². The molecule has 1 aliphatic rings. The Bertz CT molecular complexity index is 848. The first-order valence-electron chi connectivity index (χ1n) is 8.33. The van der Waals surface area contributed by atoms with E-state index in [1.807, 2.05) is 7.05 Å². The summed E-state index contributed by atoms with van der Waals surface area (Å²) in [6.07, 6.45) is 5.18. The Hall–Kier alpha value is -2.13. The topological polar surface area (TPSA) is 95.8 Å². The molecule has 3 rings (SSSR count). The van der Waals surface area contributed by atoms with Gasteiger partial charge in [0.25, 0.3) is 0 Å². The predicted molar refractivity (Wildman–Crippen MR) is 95.8 cm³/mol. The molecule has 1 saturated heterocycles. The third-order valence-corrected chi connectivity index (χ3v) is 5.63. The van der Waals surface area contributed by atoms with Crippen molar-refractivity contribution in [1.29, 1.82) is 0 Å². The summed E-state index contributed by atoms with van der Waals surface area (Å²) in [6, 6.07) is 5.15. The van der Waals surface area contributed by atoms with Crippen molar-refractivity contribution in [3.05, 3.63) is 30.6 Å². The highest BCUT2D eigenvalue weighted by atomic mass is 32.2. The van der Waals surface area contributed by atoms with Crippen LogP contribution in [0.5, 0.6) is 0 Å². The van der Waals surface area contributed by atoms with Crippen LogP contribution < -0.4 is 10.0 Å². The third kappa shape index (κ3) is 4.70. The largest absolute Gasteiger partial charge is 0.355 e. The van der Waals surface area contributed by atoms with Crippen LogP contribution in [0, 0.1) is 5.92 Å². The molecule has 0 spiro atoms. The molecule has 1 atom stereocenters. The fraction of sp³-hybridized carbons (Fsp3) is 0.500. The first-order chi connectivity index (χ1) is 11.9. The summed E-state index contributed by atoms with van der Waals surface area (Å²) in [5.41, 5.74) is 1.28. The number of rotatable bonds is 6. The van der Waals surface area contributed by atoms with Gasteiger partial charge in [-0.3, -0.25) is 9.52 Å². The maximum atomic E-state index is 12.2. The second kappa shape index (κ2) is 7.40. The van der Waals surface area contributed by atoms with Gasteiger partial charge in [-0.15, -0.1) is 0 Å². The minimum Gasteiger partial charge on any atom is -0.355 e.